The van der Waals surface area contributed by atoms with Crippen LogP contribution in [0.3, 0.4) is 0 Å². The number of hydrogen-bond donors (Lipinski definition) is 0. The highest BCUT2D eigenvalue weighted by Crippen LogP contribution is 2.38. The van der Waals surface area contributed by atoms with E-state index in [9.17, 15) is 19.0 Å². The Bertz CT molecular complexity index is 1880. The predicted octanol–water partition coefficient (Wildman–Crippen LogP) is 25.2. The zero-order chi connectivity index (χ0) is 66.9. The highest BCUT2D eigenvalue weighted by molar-refractivity contribution is 7.45. The summed E-state index contributed by atoms with van der Waals surface area (Å²) in [6, 6.07) is 0. The molecule has 0 rings (SSSR count). The number of quaternary nitrogens is 1. The Hall–Kier alpha value is -3.07. The van der Waals surface area contributed by atoms with Gasteiger partial charge in [-0.1, -0.05) is 349 Å². The monoisotopic (exact) mass is 1310 g/mol. The van der Waals surface area contributed by atoms with Crippen LogP contribution in [0.1, 0.15) is 361 Å². The summed E-state index contributed by atoms with van der Waals surface area (Å²) in [4.78, 5) is 38.1. The molecule has 534 valence electrons. The van der Waals surface area contributed by atoms with E-state index < -0.39 is 26.5 Å². The number of esters is 2. The first-order chi connectivity index (χ1) is 45.0. The summed E-state index contributed by atoms with van der Waals surface area (Å²) in [5.74, 6) is -0.817. The van der Waals surface area contributed by atoms with Gasteiger partial charge in [0, 0.05) is 12.8 Å². The number of carbonyl (C=O) groups is 2. The second-order valence-electron chi connectivity index (χ2n) is 27.3. The van der Waals surface area contributed by atoms with Crippen molar-refractivity contribution < 1.29 is 42.1 Å². The Kier molecular flexibility index (Phi) is 69.8. The number of phosphoric acid groups is 1. The molecule has 10 heteroatoms. The zero-order valence-corrected chi connectivity index (χ0v) is 61.9. The fraction of sp³-hybridized carbons (Fsp3) is 0.780. The largest absolute Gasteiger partial charge is 0.756 e. The summed E-state index contributed by atoms with van der Waals surface area (Å²) < 4.78 is 34.4. The standard InChI is InChI=1S/C82H148NO8P/c1-6-8-10-12-14-16-18-20-22-24-26-28-30-32-34-35-36-37-38-39-40-41-42-43-44-45-46-47-49-51-53-55-57-59-61-63-65-67-69-71-73-75-82(85)91-80(79-90-92(86,87)89-77-76-83(3,4)5)78-88-81(84)74-72-70-68-66-64-62-60-58-56-54-52-50-48-33-31-29-27-25-23-21-19-17-15-13-11-9-7-2/h8,10,14,16,20,22,25-28,32,34,36-37,39-40,80H,6-7,9,11-13,15,17-19,21,23-24,29-31,33,35,38,41-79H2,1-5H3/b10-8-,16-14-,22-20-,27-25-,28-26-,34-32-,37-36-,40-39-. The van der Waals surface area contributed by atoms with Gasteiger partial charge in [-0.05, 0) is 96.3 Å². The van der Waals surface area contributed by atoms with Crippen molar-refractivity contribution in [1.29, 1.82) is 0 Å². The summed E-state index contributed by atoms with van der Waals surface area (Å²) in [6.07, 6.45) is 101. The second-order valence-corrected chi connectivity index (χ2v) is 28.8. The maximum atomic E-state index is 12.9. The van der Waals surface area contributed by atoms with Gasteiger partial charge in [0.15, 0.2) is 6.10 Å². The van der Waals surface area contributed by atoms with E-state index in [1.807, 2.05) is 21.1 Å². The number of hydrogen-bond acceptors (Lipinski definition) is 8. The first-order valence-electron chi connectivity index (χ1n) is 38.9. The first kappa shape index (κ1) is 88.9. The minimum absolute atomic E-state index is 0.0308. The number of unbranched alkanes of at least 4 members (excludes halogenated alkanes) is 42. The lowest BCUT2D eigenvalue weighted by Gasteiger charge is -2.28. The van der Waals surface area contributed by atoms with Gasteiger partial charge in [0.2, 0.25) is 0 Å². The highest BCUT2D eigenvalue weighted by atomic mass is 31.2. The van der Waals surface area contributed by atoms with Crippen molar-refractivity contribution in [2.75, 3.05) is 47.5 Å². The van der Waals surface area contributed by atoms with Gasteiger partial charge in [-0.15, -0.1) is 0 Å². The van der Waals surface area contributed by atoms with Crippen LogP contribution in [0.2, 0.25) is 0 Å². The highest BCUT2D eigenvalue weighted by Gasteiger charge is 2.22. The average molecular weight is 1310 g/mol. The van der Waals surface area contributed by atoms with Crippen molar-refractivity contribution in [2.24, 2.45) is 0 Å². The van der Waals surface area contributed by atoms with Crippen molar-refractivity contribution in [3.8, 4) is 0 Å². The van der Waals surface area contributed by atoms with Gasteiger partial charge < -0.3 is 27.9 Å². The molecule has 0 aromatic heterocycles. The van der Waals surface area contributed by atoms with Crippen LogP contribution in [0.4, 0.5) is 0 Å². The molecule has 0 fully saturated rings. The predicted molar refractivity (Wildman–Crippen MR) is 397 cm³/mol. The van der Waals surface area contributed by atoms with Crippen LogP contribution < -0.4 is 4.89 Å². The van der Waals surface area contributed by atoms with Gasteiger partial charge in [0.05, 0.1) is 27.7 Å². The molecule has 0 aromatic carbocycles. The summed E-state index contributed by atoms with van der Waals surface area (Å²) >= 11 is 0. The van der Waals surface area contributed by atoms with Crippen molar-refractivity contribution >= 4 is 19.8 Å². The van der Waals surface area contributed by atoms with Crippen LogP contribution in [0.5, 0.6) is 0 Å². The molecule has 92 heavy (non-hydrogen) atoms. The molecule has 0 bridgehead atoms. The molecule has 0 heterocycles. The number of ether oxygens (including phenoxy) is 2. The van der Waals surface area contributed by atoms with Gasteiger partial charge in [0.25, 0.3) is 7.82 Å². The van der Waals surface area contributed by atoms with Crippen LogP contribution in [0.25, 0.3) is 0 Å². The molecular formula is C82H148NO8P. The average Bonchev–Trinajstić information content (AvgIpc) is 2.23. The van der Waals surface area contributed by atoms with Crippen LogP contribution in [0.15, 0.2) is 97.2 Å². The minimum Gasteiger partial charge on any atom is -0.756 e. The zero-order valence-electron chi connectivity index (χ0n) is 61.0. The Morgan fingerprint density at radius 3 is 0.935 bits per heavy atom. The van der Waals surface area contributed by atoms with Crippen LogP contribution in [-0.4, -0.2) is 70.0 Å². The third kappa shape index (κ3) is 76.0. The van der Waals surface area contributed by atoms with E-state index in [0.717, 1.165) is 83.5 Å². The van der Waals surface area contributed by atoms with Crippen LogP contribution in [-0.2, 0) is 32.7 Å². The van der Waals surface area contributed by atoms with Crippen molar-refractivity contribution in [1.82, 2.24) is 0 Å². The van der Waals surface area contributed by atoms with Gasteiger partial charge in [0.1, 0.15) is 19.8 Å². The molecule has 9 nitrogen and oxygen atoms in total. The van der Waals surface area contributed by atoms with Gasteiger partial charge in [-0.2, -0.15) is 0 Å². The maximum absolute atomic E-state index is 12.9. The fourth-order valence-corrected chi connectivity index (χ4v) is 11.9. The van der Waals surface area contributed by atoms with E-state index in [1.165, 1.54) is 244 Å². The normalized spacial score (nSPS) is 13.6. The van der Waals surface area contributed by atoms with E-state index in [-0.39, 0.29) is 32.0 Å². The van der Waals surface area contributed by atoms with Crippen LogP contribution in [0, 0.1) is 0 Å². The molecule has 0 aliphatic carbocycles. The molecule has 0 aliphatic rings. The molecule has 0 radical (unpaired) electrons. The number of likely N-dealkylation sites (N-methyl/N-ethyl adjacent to an activating group) is 1. The topological polar surface area (TPSA) is 111 Å². The Morgan fingerprint density at radius 2 is 0.620 bits per heavy atom. The molecular weight excluding hydrogens is 1160 g/mol. The lowest BCUT2D eigenvalue weighted by atomic mass is 10.0. The SMILES string of the molecule is CC/C=C\C/C=C\C/C=C\C/C=C\C/C=C\C/C=C\C/C=C\CCCCCCCCCCCCCCCCCCCCCC(=O)OC(COC(=O)CCCCCCCCCCCCCCCCC/C=C\CCCCCCCCCC)COP(=O)([O-])OCC[N+](C)(C)C. The summed E-state index contributed by atoms with van der Waals surface area (Å²) in [5.41, 5.74) is 0. The fourth-order valence-electron chi connectivity index (χ4n) is 11.2. The van der Waals surface area contributed by atoms with Gasteiger partial charge in [-0.3, -0.25) is 14.2 Å². The quantitative estimate of drug-likeness (QED) is 0.0195. The van der Waals surface area contributed by atoms with E-state index in [1.54, 1.807) is 0 Å². The van der Waals surface area contributed by atoms with Crippen molar-refractivity contribution in [3.05, 3.63) is 97.2 Å². The summed E-state index contributed by atoms with van der Waals surface area (Å²) in [5, 5.41) is 0. The van der Waals surface area contributed by atoms with Crippen LogP contribution >= 0.6 is 7.82 Å². The number of carbonyl (C=O) groups excluding carboxylic acids is 2. The molecule has 2 atom stereocenters. The molecule has 0 spiro atoms. The minimum atomic E-state index is -4.65. The summed E-state index contributed by atoms with van der Waals surface area (Å²) in [7, 11) is 1.18. The molecule has 2 unspecified atom stereocenters. The number of rotatable bonds is 72. The number of allylic oxidation sites excluding steroid dienone is 16. The lowest BCUT2D eigenvalue weighted by molar-refractivity contribution is -0.870. The number of nitrogens with zero attached hydrogens (tertiary/aromatic N) is 1. The van der Waals surface area contributed by atoms with Crippen molar-refractivity contribution in [2.45, 2.75) is 367 Å². The third-order valence-corrected chi connectivity index (χ3v) is 18.1. The third-order valence-electron chi connectivity index (χ3n) is 17.1. The van der Waals surface area contributed by atoms with E-state index in [2.05, 4.69) is 111 Å². The van der Waals surface area contributed by atoms with E-state index in [4.69, 9.17) is 18.5 Å². The maximum Gasteiger partial charge on any atom is 0.306 e. The van der Waals surface area contributed by atoms with E-state index in [0.29, 0.717) is 17.4 Å². The summed E-state index contributed by atoms with van der Waals surface area (Å²) in [6.45, 7) is 4.18. The molecule has 0 saturated carbocycles. The molecule has 0 aliphatic heterocycles. The molecule has 0 saturated heterocycles. The first-order valence-corrected chi connectivity index (χ1v) is 40.4. The van der Waals surface area contributed by atoms with E-state index >= 15 is 0 Å². The Morgan fingerprint density at radius 1 is 0.348 bits per heavy atom. The lowest BCUT2D eigenvalue weighted by Crippen LogP contribution is -2.37. The molecule has 0 amide bonds. The Balaban J connectivity index is 3.95. The van der Waals surface area contributed by atoms with Gasteiger partial charge >= 0.3 is 11.9 Å². The second kappa shape index (κ2) is 72.2. The number of phosphoric ester groups is 1. The molecule has 0 aromatic rings. The Labute approximate surface area is 570 Å². The molecule has 0 N–H and O–H groups in total. The smallest absolute Gasteiger partial charge is 0.306 e. The van der Waals surface area contributed by atoms with Crippen molar-refractivity contribution in [3.63, 3.8) is 0 Å². The van der Waals surface area contributed by atoms with Gasteiger partial charge in [-0.25, -0.2) is 0 Å².